The molecule has 0 aliphatic heterocycles. The number of ether oxygens (including phenoxy) is 1. The van der Waals surface area contributed by atoms with E-state index in [0.717, 1.165) is 6.26 Å². The maximum atomic E-state index is 11.3. The lowest BCUT2D eigenvalue weighted by atomic mass is 10.1. The van der Waals surface area contributed by atoms with Crippen molar-refractivity contribution in [3.05, 3.63) is 0 Å². The summed E-state index contributed by atoms with van der Waals surface area (Å²) in [5, 5.41) is 0. The topological polar surface area (TPSA) is 159 Å². The maximum Gasteiger partial charge on any atom is 0.332 e. The highest BCUT2D eigenvalue weighted by Gasteiger charge is 2.31. The van der Waals surface area contributed by atoms with Crippen LogP contribution in [-0.4, -0.2) is 44.6 Å². The standard InChI is InChI=1S/C8H15N3O6S/c1-3-4(12)17-8(14)6(10)5(9)7(13)11-18(2,15)16/h5-6H,3,9-10H2,1-2H3,(H,11,13). The van der Waals surface area contributed by atoms with E-state index >= 15 is 0 Å². The third-order valence-electron chi connectivity index (χ3n) is 1.75. The van der Waals surface area contributed by atoms with Crippen LogP contribution < -0.4 is 16.2 Å². The molecule has 2 unspecified atom stereocenters. The number of rotatable bonds is 5. The Kier molecular flexibility index (Phi) is 5.88. The van der Waals surface area contributed by atoms with Crippen molar-refractivity contribution in [1.29, 1.82) is 0 Å². The van der Waals surface area contributed by atoms with E-state index in [1.165, 1.54) is 6.92 Å². The fourth-order valence-electron chi connectivity index (χ4n) is 0.813. The Morgan fingerprint density at radius 3 is 2.11 bits per heavy atom. The quantitative estimate of drug-likeness (QED) is 0.360. The minimum atomic E-state index is -3.81. The molecule has 0 aromatic heterocycles. The van der Waals surface area contributed by atoms with Gasteiger partial charge in [0.2, 0.25) is 10.0 Å². The van der Waals surface area contributed by atoms with Gasteiger partial charge in [-0.15, -0.1) is 0 Å². The first-order valence-electron chi connectivity index (χ1n) is 4.85. The molecule has 0 aliphatic rings. The number of hydrogen-bond acceptors (Lipinski definition) is 8. The third-order valence-corrected chi connectivity index (χ3v) is 2.32. The van der Waals surface area contributed by atoms with Crippen molar-refractivity contribution < 1.29 is 27.5 Å². The molecule has 0 saturated heterocycles. The smallest absolute Gasteiger partial charge is 0.332 e. The summed E-state index contributed by atoms with van der Waals surface area (Å²) in [5.41, 5.74) is 10.5. The van der Waals surface area contributed by atoms with Gasteiger partial charge in [0.1, 0.15) is 12.1 Å². The van der Waals surface area contributed by atoms with Crippen molar-refractivity contribution in [2.75, 3.05) is 6.26 Å². The second-order valence-corrected chi connectivity index (χ2v) is 5.19. The summed E-state index contributed by atoms with van der Waals surface area (Å²) in [5.74, 6) is -3.19. The van der Waals surface area contributed by atoms with E-state index in [4.69, 9.17) is 11.5 Å². The van der Waals surface area contributed by atoms with Gasteiger partial charge in [0.15, 0.2) is 0 Å². The molecule has 0 heterocycles. The minimum Gasteiger partial charge on any atom is -0.392 e. The van der Waals surface area contributed by atoms with Crippen LogP contribution >= 0.6 is 0 Å². The van der Waals surface area contributed by atoms with Crippen LogP contribution in [0.3, 0.4) is 0 Å². The predicted octanol–water partition coefficient (Wildman–Crippen LogP) is -2.80. The van der Waals surface area contributed by atoms with Gasteiger partial charge < -0.3 is 16.2 Å². The van der Waals surface area contributed by atoms with E-state index in [9.17, 15) is 22.8 Å². The molecular weight excluding hydrogens is 266 g/mol. The highest BCUT2D eigenvalue weighted by Crippen LogP contribution is 1.95. The van der Waals surface area contributed by atoms with Gasteiger partial charge in [-0.05, 0) is 0 Å². The molecule has 0 aliphatic carbocycles. The van der Waals surface area contributed by atoms with Crippen LogP contribution in [0.4, 0.5) is 0 Å². The van der Waals surface area contributed by atoms with Gasteiger partial charge in [0.25, 0.3) is 5.91 Å². The summed E-state index contributed by atoms with van der Waals surface area (Å²) in [6.07, 6.45) is 0.686. The van der Waals surface area contributed by atoms with Crippen LogP contribution in [0, 0.1) is 0 Å². The molecule has 104 valence electrons. The third kappa shape index (κ3) is 5.70. The van der Waals surface area contributed by atoms with Crippen LogP contribution in [0.15, 0.2) is 0 Å². The van der Waals surface area contributed by atoms with Crippen LogP contribution in [0.2, 0.25) is 0 Å². The molecule has 18 heavy (non-hydrogen) atoms. The average Bonchev–Trinajstić information content (AvgIpc) is 2.24. The van der Waals surface area contributed by atoms with E-state index in [1.54, 1.807) is 4.72 Å². The number of carbonyl (C=O) groups excluding carboxylic acids is 3. The van der Waals surface area contributed by atoms with Crippen molar-refractivity contribution >= 4 is 27.9 Å². The van der Waals surface area contributed by atoms with E-state index in [0.29, 0.717) is 0 Å². The zero-order valence-electron chi connectivity index (χ0n) is 9.87. The number of esters is 2. The first kappa shape index (κ1) is 16.5. The molecule has 9 nitrogen and oxygen atoms in total. The summed E-state index contributed by atoms with van der Waals surface area (Å²) in [6, 6.07) is -3.28. The normalized spacial score (nSPS) is 14.4. The fraction of sp³-hybridized carbons (Fsp3) is 0.625. The van der Waals surface area contributed by atoms with Gasteiger partial charge in [-0.1, -0.05) is 6.92 Å². The Labute approximate surface area is 104 Å². The molecule has 0 saturated carbocycles. The SMILES string of the molecule is CCC(=O)OC(=O)C(N)C(N)C(=O)NS(C)(=O)=O. The van der Waals surface area contributed by atoms with Crippen molar-refractivity contribution in [1.82, 2.24) is 4.72 Å². The average molecular weight is 281 g/mol. The molecule has 0 fully saturated rings. The summed E-state index contributed by atoms with van der Waals surface area (Å²) in [4.78, 5) is 33.3. The Morgan fingerprint density at radius 1 is 1.22 bits per heavy atom. The molecule has 5 N–H and O–H groups in total. The largest absolute Gasteiger partial charge is 0.392 e. The second kappa shape index (κ2) is 6.42. The number of sulfonamides is 1. The molecule has 0 aromatic carbocycles. The molecule has 0 rings (SSSR count). The lowest BCUT2D eigenvalue weighted by molar-refractivity contribution is -0.161. The van der Waals surface area contributed by atoms with Gasteiger partial charge in [-0.3, -0.25) is 14.3 Å². The van der Waals surface area contributed by atoms with Crippen molar-refractivity contribution in [3.8, 4) is 0 Å². The second-order valence-electron chi connectivity index (χ2n) is 3.44. The van der Waals surface area contributed by atoms with Gasteiger partial charge in [-0.2, -0.15) is 0 Å². The summed E-state index contributed by atoms with van der Waals surface area (Å²) < 4.78 is 27.3. The lowest BCUT2D eigenvalue weighted by Crippen LogP contribution is -2.56. The van der Waals surface area contributed by atoms with E-state index in [1.807, 2.05) is 0 Å². The van der Waals surface area contributed by atoms with Crippen molar-refractivity contribution in [3.63, 3.8) is 0 Å². The minimum absolute atomic E-state index is 0.0523. The number of nitrogens with two attached hydrogens (primary N) is 2. The molecule has 2 atom stereocenters. The first-order chi connectivity index (χ1) is 8.08. The Bertz CT molecular complexity index is 446. The highest BCUT2D eigenvalue weighted by molar-refractivity contribution is 7.89. The van der Waals surface area contributed by atoms with Crippen LogP contribution in [0.5, 0.6) is 0 Å². The van der Waals surface area contributed by atoms with Crippen LogP contribution in [0.1, 0.15) is 13.3 Å². The van der Waals surface area contributed by atoms with Crippen LogP contribution in [-0.2, 0) is 29.1 Å². The molecule has 0 aromatic rings. The zero-order valence-corrected chi connectivity index (χ0v) is 10.7. The monoisotopic (exact) mass is 281 g/mol. The Hall–Kier alpha value is -1.52. The van der Waals surface area contributed by atoms with Crippen LogP contribution in [0.25, 0.3) is 0 Å². The maximum absolute atomic E-state index is 11.3. The number of hydrogen-bond donors (Lipinski definition) is 3. The number of carbonyl (C=O) groups is 3. The molecule has 10 heteroatoms. The lowest BCUT2D eigenvalue weighted by Gasteiger charge is -2.16. The first-order valence-corrected chi connectivity index (χ1v) is 6.75. The zero-order chi connectivity index (χ0) is 14.5. The Morgan fingerprint density at radius 2 is 1.72 bits per heavy atom. The van der Waals surface area contributed by atoms with E-state index < -0.39 is 40.0 Å². The van der Waals surface area contributed by atoms with Gasteiger partial charge in [0, 0.05) is 6.42 Å². The summed E-state index contributed by atoms with van der Waals surface area (Å²) in [7, 11) is -3.81. The number of amides is 1. The summed E-state index contributed by atoms with van der Waals surface area (Å²) in [6.45, 7) is 1.46. The Balaban J connectivity index is 4.59. The molecular formula is C8H15N3O6S. The van der Waals surface area contributed by atoms with E-state index in [2.05, 4.69) is 4.74 Å². The summed E-state index contributed by atoms with van der Waals surface area (Å²) >= 11 is 0. The molecule has 0 radical (unpaired) electrons. The van der Waals surface area contributed by atoms with Crippen molar-refractivity contribution in [2.24, 2.45) is 11.5 Å². The van der Waals surface area contributed by atoms with Gasteiger partial charge in [0.05, 0.1) is 6.26 Å². The number of nitrogens with one attached hydrogen (secondary N) is 1. The fourth-order valence-corrected chi connectivity index (χ4v) is 1.31. The molecule has 0 bridgehead atoms. The van der Waals surface area contributed by atoms with E-state index in [-0.39, 0.29) is 6.42 Å². The highest BCUT2D eigenvalue weighted by atomic mass is 32.2. The molecule has 0 spiro atoms. The van der Waals surface area contributed by atoms with Crippen molar-refractivity contribution in [2.45, 2.75) is 25.4 Å². The predicted molar refractivity (Wildman–Crippen MR) is 60.3 cm³/mol. The molecule has 1 amide bonds. The van der Waals surface area contributed by atoms with Gasteiger partial charge >= 0.3 is 11.9 Å². The van der Waals surface area contributed by atoms with Gasteiger partial charge in [-0.25, -0.2) is 13.2 Å².